The monoisotopic (exact) mass is 340 g/mol. The van der Waals surface area contributed by atoms with Crippen LogP contribution < -0.4 is 16.0 Å². The molecule has 0 aliphatic carbocycles. The lowest BCUT2D eigenvalue weighted by atomic mass is 10.2. The second-order valence-electron chi connectivity index (χ2n) is 4.83. The molecule has 1 aromatic carbocycles. The maximum absolute atomic E-state index is 11.7. The predicted octanol–water partition coefficient (Wildman–Crippen LogP) is 1.15. The second-order valence-corrected chi connectivity index (χ2v) is 5.74. The number of nitrogens with one attached hydrogen (secondary N) is 3. The van der Waals surface area contributed by atoms with Gasteiger partial charge in [0.25, 0.3) is 0 Å². The van der Waals surface area contributed by atoms with Gasteiger partial charge in [-0.15, -0.1) is 0 Å². The molecule has 3 N–H and O–H groups in total. The number of amides is 2. The third-order valence-electron chi connectivity index (χ3n) is 3.29. The van der Waals surface area contributed by atoms with E-state index in [9.17, 15) is 4.79 Å². The lowest BCUT2D eigenvalue weighted by Gasteiger charge is -2.27. The Hall–Kier alpha value is -1.11. The summed E-state index contributed by atoms with van der Waals surface area (Å²) in [4.78, 5) is 14.0. The van der Waals surface area contributed by atoms with Gasteiger partial charge in [0.2, 0.25) is 0 Å². The normalized spacial score (nSPS) is 15.8. The van der Waals surface area contributed by atoms with Gasteiger partial charge in [-0.25, -0.2) is 4.79 Å². The topological polar surface area (TPSA) is 56.4 Å². The van der Waals surface area contributed by atoms with Crippen molar-refractivity contribution in [3.63, 3.8) is 0 Å². The molecule has 0 unspecified atom stereocenters. The van der Waals surface area contributed by atoms with Crippen LogP contribution in [0.25, 0.3) is 0 Å². The van der Waals surface area contributed by atoms with Crippen LogP contribution in [0.3, 0.4) is 0 Å². The number of carbonyl (C=O) groups is 1. The van der Waals surface area contributed by atoms with Gasteiger partial charge in [-0.1, -0.05) is 28.1 Å². The number of benzene rings is 1. The molecule has 6 heteroatoms. The van der Waals surface area contributed by atoms with E-state index in [1.54, 1.807) is 0 Å². The predicted molar refractivity (Wildman–Crippen MR) is 83.7 cm³/mol. The molecule has 0 saturated carbocycles. The fourth-order valence-electron chi connectivity index (χ4n) is 2.11. The highest BCUT2D eigenvalue weighted by Gasteiger charge is 2.09. The summed E-state index contributed by atoms with van der Waals surface area (Å²) in [7, 11) is 0. The van der Waals surface area contributed by atoms with Crippen LogP contribution in [0.15, 0.2) is 28.7 Å². The standard InChI is InChI=1S/C14H21BrN4O/c15-13-3-1-12(2-4-13)11-18-14(20)17-7-10-19-8-5-16-6-9-19/h1-4,16H,5-11H2,(H2,17,18,20). The van der Waals surface area contributed by atoms with E-state index in [1.165, 1.54) is 0 Å². The number of piperazine rings is 1. The van der Waals surface area contributed by atoms with E-state index in [0.29, 0.717) is 13.1 Å². The summed E-state index contributed by atoms with van der Waals surface area (Å²) in [5.74, 6) is 0. The molecule has 0 atom stereocenters. The van der Waals surface area contributed by atoms with Crippen molar-refractivity contribution in [2.45, 2.75) is 6.54 Å². The summed E-state index contributed by atoms with van der Waals surface area (Å²) in [6, 6.07) is 7.82. The van der Waals surface area contributed by atoms with Crippen molar-refractivity contribution in [3.05, 3.63) is 34.3 Å². The van der Waals surface area contributed by atoms with Gasteiger partial charge in [0.1, 0.15) is 0 Å². The summed E-state index contributed by atoms with van der Waals surface area (Å²) in [6.07, 6.45) is 0. The Kier molecular flexibility index (Phi) is 6.29. The molecule has 1 saturated heterocycles. The zero-order valence-corrected chi connectivity index (χ0v) is 13.1. The Morgan fingerprint density at radius 3 is 2.60 bits per heavy atom. The lowest BCUT2D eigenvalue weighted by molar-refractivity contribution is 0.226. The van der Waals surface area contributed by atoms with Crippen molar-refractivity contribution < 1.29 is 4.79 Å². The van der Waals surface area contributed by atoms with Gasteiger partial charge in [0, 0.05) is 50.3 Å². The van der Waals surface area contributed by atoms with Crippen molar-refractivity contribution in [2.24, 2.45) is 0 Å². The first-order chi connectivity index (χ1) is 9.74. The van der Waals surface area contributed by atoms with Crippen LogP contribution in [-0.4, -0.2) is 50.2 Å². The smallest absolute Gasteiger partial charge is 0.315 e. The zero-order chi connectivity index (χ0) is 14.2. The number of halogens is 1. The Morgan fingerprint density at radius 1 is 1.20 bits per heavy atom. The molecule has 2 rings (SSSR count). The average molecular weight is 341 g/mol. The largest absolute Gasteiger partial charge is 0.337 e. The fourth-order valence-corrected chi connectivity index (χ4v) is 2.37. The van der Waals surface area contributed by atoms with Crippen LogP contribution in [0, 0.1) is 0 Å². The van der Waals surface area contributed by atoms with E-state index >= 15 is 0 Å². The molecule has 0 spiro atoms. The molecule has 0 bridgehead atoms. The van der Waals surface area contributed by atoms with Crippen molar-refractivity contribution in [1.29, 1.82) is 0 Å². The van der Waals surface area contributed by atoms with Crippen molar-refractivity contribution in [3.8, 4) is 0 Å². The maximum Gasteiger partial charge on any atom is 0.315 e. The van der Waals surface area contributed by atoms with Crippen molar-refractivity contribution in [2.75, 3.05) is 39.3 Å². The highest BCUT2D eigenvalue weighted by atomic mass is 79.9. The molecule has 0 radical (unpaired) electrons. The van der Waals surface area contributed by atoms with Crippen molar-refractivity contribution >= 4 is 22.0 Å². The highest BCUT2D eigenvalue weighted by molar-refractivity contribution is 9.10. The third kappa shape index (κ3) is 5.48. The summed E-state index contributed by atoms with van der Waals surface area (Å²) in [5.41, 5.74) is 1.09. The SMILES string of the molecule is O=C(NCCN1CCNCC1)NCc1ccc(Br)cc1. The molecular formula is C14H21BrN4O. The minimum Gasteiger partial charge on any atom is -0.337 e. The Bertz CT molecular complexity index is 418. The van der Waals surface area contributed by atoms with Crippen LogP contribution in [-0.2, 0) is 6.54 Å². The fraction of sp³-hybridized carbons (Fsp3) is 0.500. The van der Waals surface area contributed by atoms with Gasteiger partial charge >= 0.3 is 6.03 Å². The molecule has 1 aliphatic rings. The van der Waals surface area contributed by atoms with Gasteiger partial charge < -0.3 is 16.0 Å². The van der Waals surface area contributed by atoms with Crippen LogP contribution >= 0.6 is 15.9 Å². The molecule has 1 aromatic rings. The zero-order valence-electron chi connectivity index (χ0n) is 11.5. The van der Waals surface area contributed by atoms with Gasteiger partial charge in [0.15, 0.2) is 0 Å². The highest BCUT2D eigenvalue weighted by Crippen LogP contribution is 2.09. The van der Waals surface area contributed by atoms with Crippen LogP contribution in [0.2, 0.25) is 0 Å². The van der Waals surface area contributed by atoms with Crippen LogP contribution in [0.4, 0.5) is 4.79 Å². The minimum atomic E-state index is -0.108. The number of hydrogen-bond donors (Lipinski definition) is 3. The molecule has 20 heavy (non-hydrogen) atoms. The molecule has 1 fully saturated rings. The average Bonchev–Trinajstić information content (AvgIpc) is 2.48. The molecule has 1 heterocycles. The molecule has 5 nitrogen and oxygen atoms in total. The Balaban J connectivity index is 1.59. The van der Waals surface area contributed by atoms with Crippen LogP contribution in [0.1, 0.15) is 5.56 Å². The first-order valence-corrected chi connectivity index (χ1v) is 7.72. The number of nitrogens with zero attached hydrogens (tertiary/aromatic N) is 1. The molecular weight excluding hydrogens is 320 g/mol. The van der Waals surface area contributed by atoms with Gasteiger partial charge in [-0.2, -0.15) is 0 Å². The number of hydrogen-bond acceptors (Lipinski definition) is 3. The van der Waals surface area contributed by atoms with E-state index in [2.05, 4.69) is 36.8 Å². The van der Waals surface area contributed by atoms with Crippen LogP contribution in [0.5, 0.6) is 0 Å². The van der Waals surface area contributed by atoms with E-state index < -0.39 is 0 Å². The maximum atomic E-state index is 11.7. The summed E-state index contributed by atoms with van der Waals surface area (Å²) >= 11 is 3.39. The lowest BCUT2D eigenvalue weighted by Crippen LogP contribution is -2.47. The number of rotatable bonds is 5. The third-order valence-corrected chi connectivity index (χ3v) is 3.82. The Morgan fingerprint density at radius 2 is 1.90 bits per heavy atom. The molecule has 2 amide bonds. The van der Waals surface area contributed by atoms with E-state index in [-0.39, 0.29) is 6.03 Å². The number of urea groups is 1. The first kappa shape index (κ1) is 15.3. The summed E-state index contributed by atoms with van der Waals surface area (Å²) < 4.78 is 1.04. The molecule has 1 aliphatic heterocycles. The van der Waals surface area contributed by atoms with Crippen molar-refractivity contribution in [1.82, 2.24) is 20.9 Å². The summed E-state index contributed by atoms with van der Waals surface area (Å²) in [6.45, 7) is 6.34. The Labute approximate surface area is 128 Å². The second kappa shape index (κ2) is 8.24. The van der Waals surface area contributed by atoms with E-state index in [1.807, 2.05) is 24.3 Å². The van der Waals surface area contributed by atoms with Gasteiger partial charge in [0.05, 0.1) is 0 Å². The quantitative estimate of drug-likeness (QED) is 0.753. The first-order valence-electron chi connectivity index (χ1n) is 6.93. The van der Waals surface area contributed by atoms with Gasteiger partial charge in [-0.05, 0) is 17.7 Å². The molecule has 0 aromatic heterocycles. The van der Waals surface area contributed by atoms with Gasteiger partial charge in [-0.3, -0.25) is 4.90 Å². The molecule has 110 valence electrons. The van der Waals surface area contributed by atoms with E-state index in [4.69, 9.17) is 0 Å². The van der Waals surface area contributed by atoms with E-state index in [0.717, 1.165) is 42.8 Å². The number of carbonyl (C=O) groups excluding carboxylic acids is 1. The minimum absolute atomic E-state index is 0.108. The summed E-state index contributed by atoms with van der Waals surface area (Å²) in [5, 5.41) is 9.06.